The Morgan fingerprint density at radius 3 is 1.72 bits per heavy atom. The second-order valence-electron chi connectivity index (χ2n) is 20.7. The first-order chi connectivity index (χ1) is 36.8. The minimum absolute atomic E-state index is 0.0571. The number of benzene rings is 9. The highest BCUT2D eigenvalue weighted by atomic mass is 32.1. The van der Waals surface area contributed by atoms with E-state index in [2.05, 4.69) is 268 Å². The normalized spacial score (nSPS) is 12.2. The minimum Gasteiger partial charge on any atom is -0.309 e. The molecule has 0 aliphatic heterocycles. The fourth-order valence-corrected chi connectivity index (χ4v) is 12.3. The second kappa shape index (κ2) is 23.6. The van der Waals surface area contributed by atoms with Crippen LogP contribution >= 0.6 is 11.3 Å². The van der Waals surface area contributed by atoms with Gasteiger partial charge in [-0.15, -0.1) is 11.3 Å². The first-order valence-electron chi connectivity index (χ1n) is 27.5. The van der Waals surface area contributed by atoms with Gasteiger partial charge in [-0.05, 0) is 144 Å². The monoisotopic (exact) mass is 1010 g/mol. The van der Waals surface area contributed by atoms with Crippen LogP contribution in [0.2, 0.25) is 0 Å². The SMILES string of the molecule is C=C/C=C\c1c(C)sc2cccc(C)c12.CC.CC.CCc1ccc(C)cc1.Cc1ccc2c(c1)C(c1ccccc1)(c1ccccc1)c1cc(-n3c4ccc(C)cc4c4cc(C(C)(C)C)ccc43)c3ccccc3c1-2. The molecular formula is C74H77NS. The maximum atomic E-state index is 3.71. The highest BCUT2D eigenvalue weighted by molar-refractivity contribution is 7.19. The lowest BCUT2D eigenvalue weighted by molar-refractivity contribution is 0.591. The van der Waals surface area contributed by atoms with Crippen molar-refractivity contribution in [1.82, 2.24) is 4.57 Å². The van der Waals surface area contributed by atoms with Gasteiger partial charge in [0, 0.05) is 31.1 Å². The summed E-state index contributed by atoms with van der Waals surface area (Å²) < 4.78 is 3.91. The standard InChI is InChI=1S/C47H39N.C14H14S.C9H12.2C2H6/c1-30-21-24-42-38(26-30)39-28-34(46(3,4)5)22-25-43(39)48(42)44-29-41-45(36-19-13-12-18-35(36)44)37-23-20-31(2)27-40(37)47(41,32-14-8-6-9-15-32)33-16-10-7-11-17-33;1-4-5-8-12-11(3)15-13-9-6-7-10(2)14(12)13;1-3-9-6-4-8(2)5-7-9;2*1-2/h6-29H,1-5H3;4-9H,1H2,2-3H3;4-7H,3H2,1-2H3;2*1-2H3/b;8-5-;;;. The lowest BCUT2D eigenvalue weighted by atomic mass is 9.67. The summed E-state index contributed by atoms with van der Waals surface area (Å²) in [7, 11) is 0. The molecule has 0 unspecified atom stereocenters. The number of thiophene rings is 1. The summed E-state index contributed by atoms with van der Waals surface area (Å²) in [6.45, 7) is 31.7. The van der Waals surface area contributed by atoms with Crippen LogP contribution in [0.15, 0.2) is 207 Å². The van der Waals surface area contributed by atoms with Crippen molar-refractivity contribution in [2.75, 3.05) is 0 Å². The van der Waals surface area contributed by atoms with E-state index in [9.17, 15) is 0 Å². The molecule has 1 aliphatic rings. The van der Waals surface area contributed by atoms with Crippen molar-refractivity contribution in [2.24, 2.45) is 0 Å². The Hall–Kier alpha value is -7.52. The van der Waals surface area contributed by atoms with Gasteiger partial charge in [0.25, 0.3) is 0 Å². The molecule has 0 N–H and O–H groups in total. The lowest BCUT2D eigenvalue weighted by Crippen LogP contribution is -2.28. The van der Waals surface area contributed by atoms with Crippen molar-refractivity contribution in [3.05, 3.63) is 273 Å². The van der Waals surface area contributed by atoms with Gasteiger partial charge in [-0.2, -0.15) is 0 Å². The van der Waals surface area contributed by atoms with Gasteiger partial charge in [-0.25, -0.2) is 0 Å². The molecule has 1 aliphatic carbocycles. The van der Waals surface area contributed by atoms with Gasteiger partial charge < -0.3 is 4.57 Å². The smallest absolute Gasteiger partial charge is 0.0714 e. The van der Waals surface area contributed by atoms with E-state index in [1.807, 2.05) is 51.2 Å². The zero-order chi connectivity index (χ0) is 54.3. The molecule has 384 valence electrons. The number of hydrogen-bond donors (Lipinski definition) is 0. The fourth-order valence-electron chi connectivity index (χ4n) is 11.1. The Balaban J connectivity index is 0.000000224. The molecule has 76 heavy (non-hydrogen) atoms. The molecule has 0 saturated heterocycles. The molecule has 0 radical (unpaired) electrons. The predicted octanol–water partition coefficient (Wildman–Crippen LogP) is 21.5. The number of allylic oxidation sites excluding steroid dienone is 2. The quantitative estimate of drug-likeness (QED) is 0.146. The van der Waals surface area contributed by atoms with Crippen molar-refractivity contribution in [1.29, 1.82) is 0 Å². The van der Waals surface area contributed by atoms with Crippen LogP contribution in [0.5, 0.6) is 0 Å². The summed E-state index contributed by atoms with van der Waals surface area (Å²) in [5.41, 5.74) is 20.5. The molecular weight excluding hydrogens is 935 g/mol. The van der Waals surface area contributed by atoms with E-state index in [-0.39, 0.29) is 5.41 Å². The minimum atomic E-state index is -0.479. The summed E-state index contributed by atoms with van der Waals surface area (Å²) in [5.74, 6) is 0. The summed E-state index contributed by atoms with van der Waals surface area (Å²) in [5, 5.41) is 6.55. The van der Waals surface area contributed by atoms with E-state index in [0.29, 0.717) is 0 Å². The van der Waals surface area contributed by atoms with Crippen LogP contribution in [0.25, 0.3) is 65.6 Å². The highest BCUT2D eigenvalue weighted by Gasteiger charge is 2.47. The van der Waals surface area contributed by atoms with Crippen molar-refractivity contribution in [2.45, 2.75) is 107 Å². The van der Waals surface area contributed by atoms with Gasteiger partial charge in [-0.1, -0.05) is 249 Å². The second-order valence-corrected chi connectivity index (χ2v) is 21.9. The van der Waals surface area contributed by atoms with Gasteiger partial charge in [-0.3, -0.25) is 0 Å². The summed E-state index contributed by atoms with van der Waals surface area (Å²) in [6, 6.07) is 70.2. The molecule has 0 atom stereocenters. The Labute approximate surface area is 458 Å². The number of rotatable bonds is 6. The first kappa shape index (κ1) is 54.7. The molecule has 0 saturated carbocycles. The lowest BCUT2D eigenvalue weighted by Gasteiger charge is -2.34. The average Bonchev–Trinajstić information content (AvgIpc) is 4.22. The molecule has 11 aromatic rings. The largest absolute Gasteiger partial charge is 0.309 e. The van der Waals surface area contributed by atoms with Crippen LogP contribution < -0.4 is 0 Å². The molecule has 2 heterocycles. The molecule has 2 aromatic heterocycles. The highest BCUT2D eigenvalue weighted by Crippen LogP contribution is 2.59. The maximum Gasteiger partial charge on any atom is 0.0714 e. The third kappa shape index (κ3) is 10.3. The van der Waals surface area contributed by atoms with Gasteiger partial charge in [0.05, 0.1) is 22.1 Å². The molecule has 1 nitrogen and oxygen atoms in total. The van der Waals surface area contributed by atoms with Crippen molar-refractivity contribution >= 4 is 60.1 Å². The van der Waals surface area contributed by atoms with Gasteiger partial charge in [0.15, 0.2) is 0 Å². The summed E-state index contributed by atoms with van der Waals surface area (Å²) >= 11 is 1.86. The van der Waals surface area contributed by atoms with Gasteiger partial charge in [0.2, 0.25) is 0 Å². The zero-order valence-corrected chi connectivity index (χ0v) is 48.2. The number of aromatic nitrogens is 1. The molecule has 2 heteroatoms. The van der Waals surface area contributed by atoms with Crippen LogP contribution in [0.4, 0.5) is 0 Å². The van der Waals surface area contributed by atoms with Crippen molar-refractivity contribution in [3.8, 4) is 16.8 Å². The zero-order valence-electron chi connectivity index (χ0n) is 47.4. The summed E-state index contributed by atoms with van der Waals surface area (Å²) in [6.07, 6.45) is 7.11. The maximum absolute atomic E-state index is 3.71. The molecule has 12 rings (SSSR count). The molecule has 9 aromatic carbocycles. The van der Waals surface area contributed by atoms with E-state index in [1.165, 1.54) is 126 Å². The molecule has 0 amide bonds. The van der Waals surface area contributed by atoms with Crippen LogP contribution in [0.1, 0.15) is 121 Å². The fraction of sp³-hybridized carbons (Fsp3) is 0.216. The molecule has 0 spiro atoms. The van der Waals surface area contributed by atoms with E-state index in [0.717, 1.165) is 6.42 Å². The number of fused-ring (bicyclic) bond motifs is 9. The van der Waals surface area contributed by atoms with E-state index >= 15 is 0 Å². The number of nitrogens with zero attached hydrogens (tertiary/aromatic N) is 1. The van der Waals surface area contributed by atoms with E-state index in [4.69, 9.17) is 0 Å². The van der Waals surface area contributed by atoms with Crippen LogP contribution in [-0.2, 0) is 17.3 Å². The number of hydrogen-bond acceptors (Lipinski definition) is 1. The average molecular weight is 1010 g/mol. The Bertz CT molecular complexity index is 3780. The Kier molecular flexibility index (Phi) is 17.0. The van der Waals surface area contributed by atoms with Crippen LogP contribution in [-0.4, -0.2) is 4.57 Å². The third-order valence-electron chi connectivity index (χ3n) is 14.8. The first-order valence-corrected chi connectivity index (χ1v) is 28.3. The van der Waals surface area contributed by atoms with E-state index in [1.54, 1.807) is 0 Å². The Morgan fingerprint density at radius 1 is 0.539 bits per heavy atom. The van der Waals surface area contributed by atoms with Crippen LogP contribution in [0, 0.1) is 34.6 Å². The summed E-state index contributed by atoms with van der Waals surface area (Å²) in [4.78, 5) is 1.37. The van der Waals surface area contributed by atoms with Crippen molar-refractivity contribution in [3.63, 3.8) is 0 Å². The topological polar surface area (TPSA) is 4.93 Å². The van der Waals surface area contributed by atoms with Crippen molar-refractivity contribution < 1.29 is 0 Å². The van der Waals surface area contributed by atoms with Gasteiger partial charge >= 0.3 is 0 Å². The predicted molar refractivity (Wildman–Crippen MR) is 338 cm³/mol. The molecule has 0 bridgehead atoms. The van der Waals surface area contributed by atoms with E-state index < -0.39 is 5.41 Å². The molecule has 0 fully saturated rings. The Morgan fingerprint density at radius 2 is 1.11 bits per heavy atom. The third-order valence-corrected chi connectivity index (χ3v) is 15.9. The van der Waals surface area contributed by atoms with Gasteiger partial charge in [0.1, 0.15) is 0 Å². The van der Waals surface area contributed by atoms with Crippen LogP contribution in [0.3, 0.4) is 0 Å². The number of aryl methyl sites for hydroxylation is 6.